The van der Waals surface area contributed by atoms with Crippen molar-refractivity contribution in [2.75, 3.05) is 0 Å². The summed E-state index contributed by atoms with van der Waals surface area (Å²) in [6, 6.07) is 0. The number of hydrogen-bond donors (Lipinski definition) is 0. The number of hydrogen-bond acceptors (Lipinski definition) is 1. The quantitative estimate of drug-likeness (QED) is 0.621. The molecule has 0 aromatic rings. The number of ketones is 1. The van der Waals surface area contributed by atoms with Gasteiger partial charge in [-0.15, -0.1) is 0 Å². The molecule has 2 aliphatic rings. The lowest BCUT2D eigenvalue weighted by atomic mass is 9.69. The highest BCUT2D eigenvalue weighted by Crippen LogP contribution is 2.40. The molecule has 0 radical (unpaired) electrons. The lowest BCUT2D eigenvalue weighted by molar-refractivity contribution is -0.115. The maximum absolute atomic E-state index is 11.3. The van der Waals surface area contributed by atoms with Crippen LogP contribution in [0.15, 0.2) is 23.8 Å². The van der Waals surface area contributed by atoms with Crippen LogP contribution in [0.25, 0.3) is 0 Å². The zero-order valence-corrected chi connectivity index (χ0v) is 8.99. The first-order valence-corrected chi connectivity index (χ1v) is 5.65. The summed E-state index contributed by atoms with van der Waals surface area (Å²) >= 11 is 0. The summed E-state index contributed by atoms with van der Waals surface area (Å²) in [4.78, 5) is 11.3. The van der Waals surface area contributed by atoms with Crippen molar-refractivity contribution < 1.29 is 4.79 Å². The average Bonchev–Trinajstić information content (AvgIpc) is 2.18. The molecule has 3 unspecified atom stereocenters. The minimum absolute atomic E-state index is 0.310. The van der Waals surface area contributed by atoms with Gasteiger partial charge in [0.05, 0.1) is 0 Å². The molecule has 1 heteroatoms. The van der Waals surface area contributed by atoms with Gasteiger partial charge in [-0.25, -0.2) is 0 Å². The molecule has 0 saturated carbocycles. The van der Waals surface area contributed by atoms with Crippen LogP contribution in [-0.2, 0) is 4.79 Å². The molecule has 0 aromatic heterocycles. The average molecular weight is 190 g/mol. The van der Waals surface area contributed by atoms with E-state index in [4.69, 9.17) is 0 Å². The van der Waals surface area contributed by atoms with E-state index >= 15 is 0 Å². The Hall–Kier alpha value is -0.850. The molecule has 1 nitrogen and oxygen atoms in total. The van der Waals surface area contributed by atoms with Gasteiger partial charge < -0.3 is 0 Å². The second-order valence-corrected chi connectivity index (χ2v) is 4.55. The summed E-state index contributed by atoms with van der Waals surface area (Å²) in [7, 11) is 0. The Balaban J connectivity index is 2.30. The van der Waals surface area contributed by atoms with Crippen molar-refractivity contribution in [2.24, 2.45) is 17.8 Å². The number of rotatable bonds is 1. The smallest absolute Gasteiger partial charge is 0.155 e. The maximum atomic E-state index is 11.3. The summed E-state index contributed by atoms with van der Waals surface area (Å²) in [6.07, 6.45) is 9.33. The highest BCUT2D eigenvalue weighted by atomic mass is 16.1. The summed E-state index contributed by atoms with van der Waals surface area (Å²) < 4.78 is 0. The van der Waals surface area contributed by atoms with Gasteiger partial charge in [-0.1, -0.05) is 32.4 Å². The predicted octanol–water partition coefficient (Wildman–Crippen LogP) is 3.12. The molecular weight excluding hydrogens is 172 g/mol. The van der Waals surface area contributed by atoms with Crippen LogP contribution in [-0.4, -0.2) is 5.78 Å². The summed E-state index contributed by atoms with van der Waals surface area (Å²) in [5.41, 5.74) is 1.28. The van der Waals surface area contributed by atoms with E-state index < -0.39 is 0 Å². The molecule has 0 saturated heterocycles. The molecule has 76 valence electrons. The largest absolute Gasteiger partial charge is 0.295 e. The van der Waals surface area contributed by atoms with Gasteiger partial charge >= 0.3 is 0 Å². The molecule has 0 N–H and O–H groups in total. The molecule has 0 aliphatic heterocycles. The SMILES string of the molecule is CCC1C(C)C=CC2=CC(=O)CCC21. The van der Waals surface area contributed by atoms with Crippen molar-refractivity contribution in [1.82, 2.24) is 0 Å². The van der Waals surface area contributed by atoms with Crippen LogP contribution in [0.3, 0.4) is 0 Å². The van der Waals surface area contributed by atoms with E-state index in [0.29, 0.717) is 17.6 Å². The second-order valence-electron chi connectivity index (χ2n) is 4.55. The first-order chi connectivity index (χ1) is 6.72. The van der Waals surface area contributed by atoms with Crippen molar-refractivity contribution >= 4 is 5.78 Å². The van der Waals surface area contributed by atoms with Gasteiger partial charge in [-0.3, -0.25) is 4.79 Å². The summed E-state index contributed by atoms with van der Waals surface area (Å²) in [5.74, 6) is 2.39. The van der Waals surface area contributed by atoms with E-state index in [9.17, 15) is 4.79 Å². The fourth-order valence-corrected chi connectivity index (χ4v) is 2.89. The van der Waals surface area contributed by atoms with Gasteiger partial charge in [0.15, 0.2) is 5.78 Å². The van der Waals surface area contributed by atoms with E-state index in [2.05, 4.69) is 26.0 Å². The standard InChI is InChI=1S/C13H18O/c1-3-12-9(2)4-5-10-8-11(14)6-7-13(10)12/h4-5,8-9,12-13H,3,6-7H2,1-2H3. The molecule has 0 heterocycles. The van der Waals surface area contributed by atoms with E-state index in [1.54, 1.807) is 0 Å². The van der Waals surface area contributed by atoms with Crippen molar-refractivity contribution in [3.8, 4) is 0 Å². The van der Waals surface area contributed by atoms with Crippen LogP contribution < -0.4 is 0 Å². The number of carbonyl (C=O) groups is 1. The number of carbonyl (C=O) groups excluding carboxylic acids is 1. The normalized spacial score (nSPS) is 36.6. The minimum Gasteiger partial charge on any atom is -0.295 e. The molecule has 0 fully saturated rings. The van der Waals surface area contributed by atoms with Gasteiger partial charge in [0, 0.05) is 6.42 Å². The predicted molar refractivity (Wildman–Crippen MR) is 57.9 cm³/mol. The van der Waals surface area contributed by atoms with Crippen molar-refractivity contribution in [3.63, 3.8) is 0 Å². The van der Waals surface area contributed by atoms with Gasteiger partial charge in [-0.2, -0.15) is 0 Å². The Morgan fingerprint density at radius 1 is 1.50 bits per heavy atom. The summed E-state index contributed by atoms with van der Waals surface area (Å²) in [5, 5.41) is 0. The fourth-order valence-electron chi connectivity index (χ4n) is 2.89. The van der Waals surface area contributed by atoms with Crippen molar-refractivity contribution in [3.05, 3.63) is 23.8 Å². The Morgan fingerprint density at radius 3 is 3.00 bits per heavy atom. The molecule has 0 bridgehead atoms. The third-order valence-electron chi connectivity index (χ3n) is 3.71. The second kappa shape index (κ2) is 3.72. The molecule has 2 rings (SSSR count). The zero-order chi connectivity index (χ0) is 10.1. The Bertz CT molecular complexity index is 298. The van der Waals surface area contributed by atoms with E-state index in [1.807, 2.05) is 6.08 Å². The van der Waals surface area contributed by atoms with Crippen LogP contribution in [0.1, 0.15) is 33.1 Å². The van der Waals surface area contributed by atoms with E-state index in [0.717, 1.165) is 18.8 Å². The monoisotopic (exact) mass is 190 g/mol. The van der Waals surface area contributed by atoms with Crippen LogP contribution in [0, 0.1) is 17.8 Å². The molecule has 0 amide bonds. The van der Waals surface area contributed by atoms with Crippen LogP contribution in [0.5, 0.6) is 0 Å². The molecule has 0 aromatic carbocycles. The minimum atomic E-state index is 0.310. The Labute approximate surface area is 85.9 Å². The molecule has 3 atom stereocenters. The highest BCUT2D eigenvalue weighted by Gasteiger charge is 2.31. The van der Waals surface area contributed by atoms with Gasteiger partial charge in [0.1, 0.15) is 0 Å². The first kappa shape index (κ1) is 9.70. The zero-order valence-electron chi connectivity index (χ0n) is 8.99. The third kappa shape index (κ3) is 1.56. The van der Waals surface area contributed by atoms with Crippen LogP contribution in [0.2, 0.25) is 0 Å². The summed E-state index contributed by atoms with van der Waals surface area (Å²) in [6.45, 7) is 4.55. The fraction of sp³-hybridized carbons (Fsp3) is 0.615. The lowest BCUT2D eigenvalue weighted by Gasteiger charge is -2.36. The van der Waals surface area contributed by atoms with Crippen molar-refractivity contribution in [2.45, 2.75) is 33.1 Å². The van der Waals surface area contributed by atoms with Crippen LogP contribution >= 0.6 is 0 Å². The third-order valence-corrected chi connectivity index (χ3v) is 3.71. The van der Waals surface area contributed by atoms with Crippen LogP contribution in [0.4, 0.5) is 0 Å². The van der Waals surface area contributed by atoms with Gasteiger partial charge in [0.2, 0.25) is 0 Å². The van der Waals surface area contributed by atoms with Gasteiger partial charge in [-0.05, 0) is 35.8 Å². The molecule has 0 spiro atoms. The Morgan fingerprint density at radius 2 is 2.29 bits per heavy atom. The molecule has 14 heavy (non-hydrogen) atoms. The van der Waals surface area contributed by atoms with E-state index in [1.165, 1.54) is 12.0 Å². The first-order valence-electron chi connectivity index (χ1n) is 5.65. The van der Waals surface area contributed by atoms with Gasteiger partial charge in [0.25, 0.3) is 0 Å². The topological polar surface area (TPSA) is 17.1 Å². The Kier molecular flexibility index (Phi) is 2.58. The maximum Gasteiger partial charge on any atom is 0.155 e. The van der Waals surface area contributed by atoms with E-state index in [-0.39, 0.29) is 0 Å². The number of fused-ring (bicyclic) bond motifs is 1. The molecular formula is C13H18O. The van der Waals surface area contributed by atoms with Crippen molar-refractivity contribution in [1.29, 1.82) is 0 Å². The molecule has 2 aliphatic carbocycles. The number of allylic oxidation sites excluding steroid dienone is 4. The lowest BCUT2D eigenvalue weighted by Crippen LogP contribution is -2.28. The highest BCUT2D eigenvalue weighted by molar-refractivity contribution is 5.91.